The van der Waals surface area contributed by atoms with Crippen LogP contribution in [0.5, 0.6) is 0 Å². The van der Waals surface area contributed by atoms with Gasteiger partial charge in [0.25, 0.3) is 5.91 Å². The van der Waals surface area contributed by atoms with Crippen LogP contribution in [0.1, 0.15) is 34.5 Å². The summed E-state index contributed by atoms with van der Waals surface area (Å²) in [6, 6.07) is 0. The number of carbonyl (C=O) groups is 1. The minimum Gasteiger partial charge on any atom is -0.469 e. The Morgan fingerprint density at radius 3 is 2.88 bits per heavy atom. The average molecular weight is 223 g/mol. The molecule has 0 aromatic carbocycles. The second-order valence-electron chi connectivity index (χ2n) is 4.40. The van der Waals surface area contributed by atoms with E-state index in [9.17, 15) is 9.90 Å². The van der Waals surface area contributed by atoms with Gasteiger partial charge in [0.05, 0.1) is 17.9 Å². The number of nitrogens with zero attached hydrogens (tertiary/aromatic N) is 1. The Kier molecular flexibility index (Phi) is 3.01. The lowest BCUT2D eigenvalue weighted by molar-refractivity contribution is 0.0471. The van der Waals surface area contributed by atoms with Gasteiger partial charge in [0, 0.05) is 18.7 Å². The van der Waals surface area contributed by atoms with E-state index in [1.54, 1.807) is 18.1 Å². The van der Waals surface area contributed by atoms with Gasteiger partial charge in [0.1, 0.15) is 5.76 Å². The van der Waals surface area contributed by atoms with E-state index in [1.165, 1.54) is 0 Å². The lowest BCUT2D eigenvalue weighted by atomic mass is 10.1. The highest BCUT2D eigenvalue weighted by molar-refractivity contribution is 5.96. The highest BCUT2D eigenvalue weighted by Gasteiger charge is 2.26. The molecule has 4 nitrogen and oxygen atoms in total. The van der Waals surface area contributed by atoms with Crippen molar-refractivity contribution in [1.29, 1.82) is 0 Å². The van der Waals surface area contributed by atoms with Gasteiger partial charge in [-0.05, 0) is 26.7 Å². The van der Waals surface area contributed by atoms with Gasteiger partial charge in [-0.25, -0.2) is 0 Å². The Labute approximate surface area is 94.9 Å². The molecule has 2 rings (SSSR count). The van der Waals surface area contributed by atoms with Gasteiger partial charge in [-0.15, -0.1) is 0 Å². The molecule has 1 aromatic rings. The molecule has 1 unspecified atom stereocenters. The maximum absolute atomic E-state index is 12.2. The van der Waals surface area contributed by atoms with Gasteiger partial charge in [-0.3, -0.25) is 4.79 Å². The van der Waals surface area contributed by atoms with E-state index in [1.807, 2.05) is 6.92 Å². The van der Waals surface area contributed by atoms with Crippen molar-refractivity contribution in [3.63, 3.8) is 0 Å². The van der Waals surface area contributed by atoms with Crippen LogP contribution in [0, 0.1) is 13.8 Å². The number of β-amino-alcohol motifs (C(OH)–C–C–N with tert-alkyl or cyclic N) is 1. The number of amides is 1. The van der Waals surface area contributed by atoms with Crippen LogP contribution >= 0.6 is 0 Å². The van der Waals surface area contributed by atoms with E-state index in [-0.39, 0.29) is 12.0 Å². The summed E-state index contributed by atoms with van der Waals surface area (Å²) in [7, 11) is 0. The fraction of sp³-hybridized carbons (Fsp3) is 0.583. The highest BCUT2D eigenvalue weighted by Crippen LogP contribution is 2.20. The summed E-state index contributed by atoms with van der Waals surface area (Å²) < 4.78 is 5.22. The second-order valence-corrected chi connectivity index (χ2v) is 4.40. The number of aliphatic hydroxyl groups excluding tert-OH is 1. The molecule has 1 N–H and O–H groups in total. The first-order chi connectivity index (χ1) is 7.59. The molecule has 1 amide bonds. The normalized spacial score (nSPS) is 21.2. The van der Waals surface area contributed by atoms with Crippen molar-refractivity contribution in [2.75, 3.05) is 13.1 Å². The van der Waals surface area contributed by atoms with Crippen LogP contribution in [0.4, 0.5) is 0 Å². The molecule has 1 saturated heterocycles. The third-order valence-corrected chi connectivity index (χ3v) is 3.06. The molecule has 0 saturated carbocycles. The number of aryl methyl sites for hydroxylation is 2. The zero-order valence-corrected chi connectivity index (χ0v) is 9.69. The van der Waals surface area contributed by atoms with Crippen molar-refractivity contribution in [2.45, 2.75) is 32.8 Å². The first-order valence-electron chi connectivity index (χ1n) is 5.61. The molecule has 0 aliphatic carbocycles. The number of furan rings is 1. The van der Waals surface area contributed by atoms with Crippen molar-refractivity contribution in [3.8, 4) is 0 Å². The van der Waals surface area contributed by atoms with Gasteiger partial charge in [0.15, 0.2) is 0 Å². The van der Waals surface area contributed by atoms with E-state index >= 15 is 0 Å². The number of hydrogen-bond donors (Lipinski definition) is 1. The summed E-state index contributed by atoms with van der Waals surface area (Å²) in [6.07, 6.45) is 2.86. The molecule has 0 radical (unpaired) electrons. The van der Waals surface area contributed by atoms with Crippen LogP contribution in [0.2, 0.25) is 0 Å². The zero-order valence-electron chi connectivity index (χ0n) is 9.69. The van der Waals surface area contributed by atoms with Crippen LogP contribution in [0.3, 0.4) is 0 Å². The first kappa shape index (κ1) is 11.2. The van der Waals surface area contributed by atoms with Crippen molar-refractivity contribution in [3.05, 3.63) is 23.2 Å². The van der Waals surface area contributed by atoms with Gasteiger partial charge in [0.2, 0.25) is 0 Å². The van der Waals surface area contributed by atoms with Gasteiger partial charge in [-0.1, -0.05) is 0 Å². The third-order valence-electron chi connectivity index (χ3n) is 3.06. The molecule has 1 fully saturated rings. The van der Waals surface area contributed by atoms with E-state index < -0.39 is 0 Å². The van der Waals surface area contributed by atoms with Crippen LogP contribution in [-0.2, 0) is 0 Å². The van der Waals surface area contributed by atoms with Gasteiger partial charge >= 0.3 is 0 Å². The third kappa shape index (κ3) is 1.97. The number of rotatable bonds is 1. The lowest BCUT2D eigenvalue weighted by Crippen LogP contribution is -2.42. The molecule has 1 aromatic heterocycles. The Morgan fingerprint density at radius 1 is 1.56 bits per heavy atom. The first-order valence-corrected chi connectivity index (χ1v) is 5.61. The number of likely N-dealkylation sites (tertiary alicyclic amines) is 1. The quantitative estimate of drug-likeness (QED) is 0.784. The Bertz CT molecular complexity index is 377. The Morgan fingerprint density at radius 2 is 2.31 bits per heavy atom. The molecule has 1 aliphatic rings. The predicted octanol–water partition coefficient (Wildman–Crippen LogP) is 1.49. The minimum atomic E-state index is -0.384. The maximum Gasteiger partial charge on any atom is 0.257 e. The zero-order chi connectivity index (χ0) is 11.7. The van der Waals surface area contributed by atoms with E-state index in [4.69, 9.17) is 4.42 Å². The monoisotopic (exact) mass is 223 g/mol. The molecular weight excluding hydrogens is 206 g/mol. The summed E-state index contributed by atoms with van der Waals surface area (Å²) in [5, 5.41) is 9.55. The number of piperidine rings is 1. The summed E-state index contributed by atoms with van der Waals surface area (Å²) in [5.74, 6) is 0.630. The largest absolute Gasteiger partial charge is 0.469 e. The molecule has 1 atom stereocenters. The molecular formula is C12H17NO3. The van der Waals surface area contributed by atoms with Gasteiger partial charge < -0.3 is 14.4 Å². The topological polar surface area (TPSA) is 53.7 Å². The van der Waals surface area contributed by atoms with Crippen molar-refractivity contribution in [2.24, 2.45) is 0 Å². The Balaban J connectivity index is 2.18. The van der Waals surface area contributed by atoms with Crippen molar-refractivity contribution in [1.82, 2.24) is 4.90 Å². The van der Waals surface area contributed by atoms with Gasteiger partial charge in [-0.2, -0.15) is 0 Å². The number of aliphatic hydroxyl groups is 1. The van der Waals surface area contributed by atoms with Crippen LogP contribution < -0.4 is 0 Å². The van der Waals surface area contributed by atoms with E-state index in [2.05, 4.69) is 0 Å². The number of hydrogen-bond acceptors (Lipinski definition) is 3. The fourth-order valence-electron chi connectivity index (χ4n) is 2.19. The maximum atomic E-state index is 12.2. The SMILES string of the molecule is Cc1coc(C)c1C(=O)N1CCCC(O)C1. The highest BCUT2D eigenvalue weighted by atomic mass is 16.3. The van der Waals surface area contributed by atoms with E-state index in [0.717, 1.165) is 24.9 Å². The smallest absolute Gasteiger partial charge is 0.257 e. The summed E-state index contributed by atoms with van der Waals surface area (Å²) >= 11 is 0. The van der Waals surface area contributed by atoms with Crippen LogP contribution in [0.25, 0.3) is 0 Å². The molecule has 0 bridgehead atoms. The molecule has 0 spiro atoms. The van der Waals surface area contributed by atoms with Crippen molar-refractivity contribution >= 4 is 5.91 Å². The summed E-state index contributed by atoms with van der Waals surface area (Å²) in [4.78, 5) is 13.9. The standard InChI is InChI=1S/C12H17NO3/c1-8-7-16-9(2)11(8)12(15)13-5-3-4-10(14)6-13/h7,10,14H,3-6H2,1-2H3. The molecule has 1 aliphatic heterocycles. The van der Waals surface area contributed by atoms with Crippen molar-refractivity contribution < 1.29 is 14.3 Å². The van der Waals surface area contributed by atoms with Crippen LogP contribution in [0.15, 0.2) is 10.7 Å². The lowest BCUT2D eigenvalue weighted by Gasteiger charge is -2.30. The van der Waals surface area contributed by atoms with Crippen LogP contribution in [-0.4, -0.2) is 35.1 Å². The predicted molar refractivity (Wildman–Crippen MR) is 59.3 cm³/mol. The fourth-order valence-corrected chi connectivity index (χ4v) is 2.19. The minimum absolute atomic E-state index is 0.0255. The van der Waals surface area contributed by atoms with E-state index in [0.29, 0.717) is 17.9 Å². The number of carbonyl (C=O) groups excluding carboxylic acids is 1. The molecule has 4 heteroatoms. The molecule has 16 heavy (non-hydrogen) atoms. The Hall–Kier alpha value is -1.29. The summed E-state index contributed by atoms with van der Waals surface area (Å²) in [5.41, 5.74) is 1.51. The average Bonchev–Trinajstić information content (AvgIpc) is 2.58. The summed E-state index contributed by atoms with van der Waals surface area (Å²) in [6.45, 7) is 4.81. The molecule has 88 valence electrons. The molecule has 2 heterocycles. The second kappa shape index (κ2) is 4.29.